The Labute approximate surface area is 131 Å². The molecule has 6 nitrogen and oxygen atoms in total. The summed E-state index contributed by atoms with van der Waals surface area (Å²) in [5.74, 6) is -0.202. The van der Waals surface area contributed by atoms with Crippen LogP contribution in [0.3, 0.4) is 0 Å². The Bertz CT molecular complexity index is 674. The second kappa shape index (κ2) is 7.44. The van der Waals surface area contributed by atoms with Crippen molar-refractivity contribution in [2.45, 2.75) is 18.7 Å². The highest BCUT2D eigenvalue weighted by Crippen LogP contribution is 2.22. The van der Waals surface area contributed by atoms with Crippen LogP contribution in [0, 0.1) is 5.92 Å². The van der Waals surface area contributed by atoms with E-state index >= 15 is 0 Å². The number of anilines is 1. The van der Waals surface area contributed by atoms with E-state index in [2.05, 4.69) is 9.44 Å². The number of alkyl halides is 1. The molecule has 1 rings (SSSR count). The maximum absolute atomic E-state index is 12.1. The molecule has 1 atom stereocenters. The van der Waals surface area contributed by atoms with E-state index in [4.69, 9.17) is 11.6 Å². The van der Waals surface area contributed by atoms with Gasteiger partial charge in [0, 0.05) is 12.4 Å². The highest BCUT2D eigenvalue weighted by atomic mass is 35.5. The van der Waals surface area contributed by atoms with Crippen molar-refractivity contribution in [1.29, 1.82) is 0 Å². The van der Waals surface area contributed by atoms with Crippen molar-refractivity contribution < 1.29 is 16.8 Å². The van der Waals surface area contributed by atoms with Crippen LogP contribution >= 0.6 is 11.6 Å². The van der Waals surface area contributed by atoms with Gasteiger partial charge >= 0.3 is 0 Å². The lowest BCUT2D eigenvalue weighted by Gasteiger charge is -2.14. The largest absolute Gasteiger partial charge is 0.282 e. The quantitative estimate of drug-likeness (QED) is 0.693. The first-order chi connectivity index (χ1) is 9.72. The van der Waals surface area contributed by atoms with E-state index in [1.54, 1.807) is 19.9 Å². The predicted molar refractivity (Wildman–Crippen MR) is 84.6 cm³/mol. The Kier molecular flexibility index (Phi) is 6.45. The summed E-state index contributed by atoms with van der Waals surface area (Å²) in [5.41, 5.74) is 0.0280. The number of sulfonamides is 2. The molecule has 2 N–H and O–H groups in total. The SMILES string of the molecule is CCNS(=O)(=O)c1ccccc1NS(=O)(=O)CC(C)CCl. The fraction of sp³-hybridized carbons (Fsp3) is 0.500. The molecule has 0 amide bonds. The molecule has 0 heterocycles. The summed E-state index contributed by atoms with van der Waals surface area (Å²) >= 11 is 5.61. The molecule has 0 aliphatic heterocycles. The van der Waals surface area contributed by atoms with Crippen molar-refractivity contribution in [3.05, 3.63) is 24.3 Å². The summed E-state index contributed by atoms with van der Waals surface area (Å²) < 4.78 is 52.8. The molecule has 0 spiro atoms. The Morgan fingerprint density at radius 2 is 1.81 bits per heavy atom. The maximum Gasteiger partial charge on any atom is 0.242 e. The van der Waals surface area contributed by atoms with Crippen LogP contribution in [0.2, 0.25) is 0 Å². The van der Waals surface area contributed by atoms with Crippen LogP contribution in [0.4, 0.5) is 5.69 Å². The second-order valence-electron chi connectivity index (χ2n) is 4.64. The van der Waals surface area contributed by atoms with Crippen molar-refractivity contribution in [3.8, 4) is 0 Å². The molecule has 0 saturated carbocycles. The van der Waals surface area contributed by atoms with E-state index in [0.717, 1.165) is 0 Å². The van der Waals surface area contributed by atoms with Gasteiger partial charge in [-0.2, -0.15) is 0 Å². The van der Waals surface area contributed by atoms with E-state index in [1.165, 1.54) is 18.2 Å². The Hall–Kier alpha value is -0.830. The fourth-order valence-electron chi connectivity index (χ4n) is 1.68. The van der Waals surface area contributed by atoms with Crippen LogP contribution in [0.5, 0.6) is 0 Å². The number of halogens is 1. The summed E-state index contributed by atoms with van der Waals surface area (Å²) in [6, 6.07) is 5.85. The second-order valence-corrected chi connectivity index (χ2v) is 8.45. The monoisotopic (exact) mass is 354 g/mol. The molecule has 1 unspecified atom stereocenters. The molecule has 0 aliphatic rings. The summed E-state index contributed by atoms with van der Waals surface area (Å²) in [7, 11) is -7.42. The fourth-order valence-corrected chi connectivity index (χ4v) is 4.65. The smallest absolute Gasteiger partial charge is 0.242 e. The third-order valence-electron chi connectivity index (χ3n) is 2.54. The van der Waals surface area contributed by atoms with E-state index in [-0.39, 0.29) is 34.7 Å². The first-order valence-corrected chi connectivity index (χ1v) is 10.0. The van der Waals surface area contributed by atoms with Gasteiger partial charge in [0.1, 0.15) is 4.90 Å². The Morgan fingerprint density at radius 1 is 1.19 bits per heavy atom. The lowest BCUT2D eigenvalue weighted by Crippen LogP contribution is -2.26. The van der Waals surface area contributed by atoms with Crippen LogP contribution in [0.1, 0.15) is 13.8 Å². The minimum absolute atomic E-state index is 0.0280. The van der Waals surface area contributed by atoms with Gasteiger partial charge in [0.05, 0.1) is 11.4 Å². The summed E-state index contributed by atoms with van der Waals surface area (Å²) in [4.78, 5) is -0.103. The number of para-hydroxylation sites is 1. The van der Waals surface area contributed by atoms with Gasteiger partial charge in [-0.15, -0.1) is 11.6 Å². The van der Waals surface area contributed by atoms with Crippen LogP contribution in [0.25, 0.3) is 0 Å². The molecule has 1 aromatic carbocycles. The number of rotatable bonds is 8. The van der Waals surface area contributed by atoms with Crippen molar-refractivity contribution in [1.82, 2.24) is 4.72 Å². The molecule has 0 fully saturated rings. The average molecular weight is 355 g/mol. The minimum atomic E-state index is -3.75. The average Bonchev–Trinajstić information content (AvgIpc) is 2.37. The van der Waals surface area contributed by atoms with Gasteiger partial charge in [-0.05, 0) is 18.1 Å². The van der Waals surface area contributed by atoms with Crippen LogP contribution in [0.15, 0.2) is 29.2 Å². The topological polar surface area (TPSA) is 92.3 Å². The van der Waals surface area contributed by atoms with Gasteiger partial charge in [0.25, 0.3) is 0 Å². The summed E-state index contributed by atoms with van der Waals surface area (Å²) in [6.45, 7) is 3.56. The maximum atomic E-state index is 12.1. The number of hydrogen-bond acceptors (Lipinski definition) is 4. The van der Waals surface area contributed by atoms with Gasteiger partial charge < -0.3 is 0 Å². The van der Waals surface area contributed by atoms with Gasteiger partial charge in [0.15, 0.2) is 0 Å². The molecule has 0 bridgehead atoms. The zero-order valence-electron chi connectivity index (χ0n) is 11.8. The van der Waals surface area contributed by atoms with E-state index in [1.807, 2.05) is 0 Å². The number of benzene rings is 1. The van der Waals surface area contributed by atoms with Crippen molar-refractivity contribution >= 4 is 37.3 Å². The highest BCUT2D eigenvalue weighted by Gasteiger charge is 2.21. The zero-order chi connectivity index (χ0) is 16.1. The Morgan fingerprint density at radius 3 is 2.38 bits per heavy atom. The van der Waals surface area contributed by atoms with Gasteiger partial charge in [-0.3, -0.25) is 4.72 Å². The van der Waals surface area contributed by atoms with E-state index in [0.29, 0.717) is 0 Å². The van der Waals surface area contributed by atoms with Crippen molar-refractivity contribution in [2.24, 2.45) is 5.92 Å². The molecular weight excluding hydrogens is 336 g/mol. The molecular formula is C12H19ClN2O4S2. The standard InChI is InChI=1S/C12H19ClN2O4S2/c1-3-14-21(18,19)12-7-5-4-6-11(12)15-20(16,17)9-10(2)8-13/h4-7,10,14-15H,3,8-9H2,1-2H3. The lowest BCUT2D eigenvalue weighted by molar-refractivity contribution is 0.584. The van der Waals surface area contributed by atoms with Crippen molar-refractivity contribution in [2.75, 3.05) is 22.9 Å². The van der Waals surface area contributed by atoms with Crippen LogP contribution in [-0.4, -0.2) is 35.0 Å². The first kappa shape index (κ1) is 18.2. The highest BCUT2D eigenvalue weighted by molar-refractivity contribution is 7.93. The van der Waals surface area contributed by atoms with E-state index in [9.17, 15) is 16.8 Å². The Balaban J connectivity index is 3.11. The van der Waals surface area contributed by atoms with E-state index < -0.39 is 20.0 Å². The minimum Gasteiger partial charge on any atom is -0.282 e. The third kappa shape index (κ3) is 5.46. The zero-order valence-corrected chi connectivity index (χ0v) is 14.2. The van der Waals surface area contributed by atoms with Gasteiger partial charge in [0.2, 0.25) is 20.0 Å². The molecule has 0 saturated heterocycles. The third-order valence-corrected chi connectivity index (χ3v) is 6.21. The molecule has 120 valence electrons. The first-order valence-electron chi connectivity index (χ1n) is 6.37. The molecule has 0 aliphatic carbocycles. The number of nitrogens with one attached hydrogen (secondary N) is 2. The molecule has 0 radical (unpaired) electrons. The summed E-state index contributed by atoms with van der Waals surface area (Å²) in [5, 5.41) is 0. The molecule has 0 aromatic heterocycles. The molecule has 1 aromatic rings. The molecule has 9 heteroatoms. The normalized spacial score (nSPS) is 13.9. The predicted octanol–water partition coefficient (Wildman–Crippen LogP) is 1.60. The number of hydrogen-bond donors (Lipinski definition) is 2. The summed E-state index contributed by atoms with van der Waals surface area (Å²) in [6.07, 6.45) is 0. The molecule has 21 heavy (non-hydrogen) atoms. The van der Waals surface area contributed by atoms with Gasteiger partial charge in [-0.25, -0.2) is 21.6 Å². The van der Waals surface area contributed by atoms with Crippen LogP contribution < -0.4 is 9.44 Å². The van der Waals surface area contributed by atoms with Crippen molar-refractivity contribution in [3.63, 3.8) is 0 Å². The van der Waals surface area contributed by atoms with Crippen LogP contribution in [-0.2, 0) is 20.0 Å². The lowest BCUT2D eigenvalue weighted by atomic mass is 10.3. The van der Waals surface area contributed by atoms with Gasteiger partial charge in [-0.1, -0.05) is 26.0 Å².